The standard InChI is InChI=1S/C16H14BrN3O2S2/c1-21-13-7-10(6-11(17)15(13)22-2)8-18-20-16-19-12(9-24-16)14-4-3-5-23-14/h3-9H,1-2H3,(H,19,20)/b18-8-. The monoisotopic (exact) mass is 423 g/mol. The van der Waals surface area contributed by atoms with Crippen molar-refractivity contribution in [1.82, 2.24) is 4.98 Å². The molecule has 0 spiro atoms. The molecule has 2 aromatic heterocycles. The molecule has 3 rings (SSSR count). The zero-order valence-electron chi connectivity index (χ0n) is 12.9. The molecule has 2 heterocycles. The normalized spacial score (nSPS) is 11.0. The quantitative estimate of drug-likeness (QED) is 0.442. The minimum absolute atomic E-state index is 0.641. The number of nitrogens with zero attached hydrogens (tertiary/aromatic N) is 2. The van der Waals surface area contributed by atoms with E-state index in [0.717, 1.165) is 25.7 Å². The fourth-order valence-electron chi connectivity index (χ4n) is 2.04. The summed E-state index contributed by atoms with van der Waals surface area (Å²) in [5, 5.41) is 9.03. The Morgan fingerprint density at radius 1 is 1.25 bits per heavy atom. The van der Waals surface area contributed by atoms with Gasteiger partial charge in [-0.1, -0.05) is 6.07 Å². The number of hydrogen-bond donors (Lipinski definition) is 1. The van der Waals surface area contributed by atoms with Crippen LogP contribution in [0.1, 0.15) is 5.56 Å². The van der Waals surface area contributed by atoms with Gasteiger partial charge in [-0.15, -0.1) is 22.7 Å². The number of halogens is 1. The Morgan fingerprint density at radius 3 is 2.83 bits per heavy atom. The lowest BCUT2D eigenvalue weighted by Gasteiger charge is -2.10. The Bertz CT molecular complexity index is 847. The molecule has 0 amide bonds. The molecule has 124 valence electrons. The van der Waals surface area contributed by atoms with Crippen LogP contribution in [-0.2, 0) is 0 Å². The molecule has 0 aliphatic heterocycles. The molecular weight excluding hydrogens is 410 g/mol. The maximum absolute atomic E-state index is 5.32. The highest BCUT2D eigenvalue weighted by Gasteiger charge is 2.09. The SMILES string of the molecule is COc1cc(/C=N\Nc2nc(-c3cccs3)cs2)cc(Br)c1OC. The van der Waals surface area contributed by atoms with Crippen LogP contribution in [0.25, 0.3) is 10.6 Å². The van der Waals surface area contributed by atoms with Crippen molar-refractivity contribution in [3.63, 3.8) is 0 Å². The number of aromatic nitrogens is 1. The second-order valence-electron chi connectivity index (χ2n) is 4.62. The number of methoxy groups -OCH3 is 2. The number of anilines is 1. The van der Waals surface area contributed by atoms with Gasteiger partial charge in [0.2, 0.25) is 5.13 Å². The molecule has 0 fully saturated rings. The molecule has 0 saturated heterocycles. The van der Waals surface area contributed by atoms with Gasteiger partial charge in [0, 0.05) is 5.38 Å². The van der Waals surface area contributed by atoms with E-state index in [2.05, 4.69) is 31.4 Å². The highest BCUT2D eigenvalue weighted by molar-refractivity contribution is 9.10. The van der Waals surface area contributed by atoms with Crippen LogP contribution in [0.2, 0.25) is 0 Å². The van der Waals surface area contributed by atoms with Gasteiger partial charge in [0.1, 0.15) is 0 Å². The second-order valence-corrected chi connectivity index (χ2v) is 7.28. The summed E-state index contributed by atoms with van der Waals surface area (Å²) in [6.07, 6.45) is 1.71. The van der Waals surface area contributed by atoms with Gasteiger partial charge in [-0.05, 0) is 45.1 Å². The third-order valence-corrected chi connectivity index (χ3v) is 5.34. The van der Waals surface area contributed by atoms with E-state index >= 15 is 0 Å². The van der Waals surface area contributed by atoms with Crippen LogP contribution in [0.15, 0.2) is 44.6 Å². The first-order valence-electron chi connectivity index (χ1n) is 6.91. The molecule has 8 heteroatoms. The van der Waals surface area contributed by atoms with E-state index in [1.54, 1.807) is 31.8 Å². The lowest BCUT2D eigenvalue weighted by atomic mass is 10.2. The highest BCUT2D eigenvalue weighted by atomic mass is 79.9. The fourth-order valence-corrected chi connectivity index (χ4v) is 4.08. The molecule has 0 atom stereocenters. The van der Waals surface area contributed by atoms with Crippen LogP contribution in [0.3, 0.4) is 0 Å². The van der Waals surface area contributed by atoms with Crippen LogP contribution >= 0.6 is 38.6 Å². The molecule has 24 heavy (non-hydrogen) atoms. The van der Waals surface area contributed by atoms with E-state index in [1.807, 2.05) is 35.0 Å². The molecule has 1 aromatic carbocycles. The number of ether oxygens (including phenoxy) is 2. The van der Waals surface area contributed by atoms with Gasteiger partial charge in [0.15, 0.2) is 11.5 Å². The van der Waals surface area contributed by atoms with Gasteiger partial charge in [-0.2, -0.15) is 5.10 Å². The highest BCUT2D eigenvalue weighted by Crippen LogP contribution is 2.35. The average molecular weight is 424 g/mol. The molecule has 0 saturated carbocycles. The lowest BCUT2D eigenvalue weighted by molar-refractivity contribution is 0.353. The van der Waals surface area contributed by atoms with E-state index in [0.29, 0.717) is 11.5 Å². The van der Waals surface area contributed by atoms with Crippen molar-refractivity contribution in [2.24, 2.45) is 5.10 Å². The molecule has 0 aliphatic rings. The first-order valence-corrected chi connectivity index (χ1v) is 9.46. The largest absolute Gasteiger partial charge is 0.493 e. The van der Waals surface area contributed by atoms with E-state index in [-0.39, 0.29) is 0 Å². The smallest absolute Gasteiger partial charge is 0.203 e. The maximum atomic E-state index is 5.32. The summed E-state index contributed by atoms with van der Waals surface area (Å²) in [4.78, 5) is 5.66. The molecule has 0 unspecified atom stereocenters. The minimum atomic E-state index is 0.641. The predicted octanol–water partition coefficient (Wildman–Crippen LogP) is 5.10. The van der Waals surface area contributed by atoms with E-state index in [4.69, 9.17) is 9.47 Å². The molecule has 0 aliphatic carbocycles. The molecule has 1 N–H and O–H groups in total. The van der Waals surface area contributed by atoms with Crippen LogP contribution in [-0.4, -0.2) is 25.4 Å². The zero-order valence-corrected chi connectivity index (χ0v) is 16.2. The zero-order chi connectivity index (χ0) is 16.9. The van der Waals surface area contributed by atoms with Gasteiger partial charge < -0.3 is 9.47 Å². The van der Waals surface area contributed by atoms with Gasteiger partial charge in [-0.25, -0.2) is 4.98 Å². The van der Waals surface area contributed by atoms with Crippen LogP contribution in [0.4, 0.5) is 5.13 Å². The Morgan fingerprint density at radius 2 is 2.12 bits per heavy atom. The first-order chi connectivity index (χ1) is 11.7. The van der Waals surface area contributed by atoms with E-state index < -0.39 is 0 Å². The van der Waals surface area contributed by atoms with Gasteiger partial charge in [0.25, 0.3) is 0 Å². The summed E-state index contributed by atoms with van der Waals surface area (Å²) in [7, 11) is 3.21. The second kappa shape index (κ2) is 7.78. The Kier molecular flexibility index (Phi) is 5.49. The summed E-state index contributed by atoms with van der Waals surface area (Å²) >= 11 is 6.65. The number of hydrogen-bond acceptors (Lipinski definition) is 7. The predicted molar refractivity (Wildman–Crippen MR) is 104 cm³/mol. The van der Waals surface area contributed by atoms with E-state index in [9.17, 15) is 0 Å². The lowest BCUT2D eigenvalue weighted by Crippen LogP contribution is -1.95. The van der Waals surface area contributed by atoms with Crippen molar-refractivity contribution in [3.05, 3.63) is 45.1 Å². The summed E-state index contributed by atoms with van der Waals surface area (Å²) in [5.41, 5.74) is 4.79. The Balaban J connectivity index is 1.72. The molecular formula is C16H14BrN3O2S2. The fraction of sp³-hybridized carbons (Fsp3) is 0.125. The van der Waals surface area contributed by atoms with Gasteiger partial charge >= 0.3 is 0 Å². The Hall–Kier alpha value is -1.90. The number of thiophene rings is 1. The number of thiazole rings is 1. The topological polar surface area (TPSA) is 55.7 Å². The summed E-state index contributed by atoms with van der Waals surface area (Å²) < 4.78 is 11.4. The third-order valence-electron chi connectivity index (χ3n) is 3.11. The molecule has 5 nitrogen and oxygen atoms in total. The Labute approximate surface area is 156 Å². The van der Waals surface area contributed by atoms with Crippen molar-refractivity contribution < 1.29 is 9.47 Å². The van der Waals surface area contributed by atoms with Crippen molar-refractivity contribution in [2.45, 2.75) is 0 Å². The van der Waals surface area contributed by atoms with Crippen molar-refractivity contribution in [1.29, 1.82) is 0 Å². The average Bonchev–Trinajstić information content (AvgIpc) is 3.25. The van der Waals surface area contributed by atoms with Crippen molar-refractivity contribution in [3.8, 4) is 22.1 Å². The van der Waals surface area contributed by atoms with Crippen molar-refractivity contribution >= 4 is 49.9 Å². The third kappa shape index (κ3) is 3.77. The van der Waals surface area contributed by atoms with Crippen molar-refractivity contribution in [2.75, 3.05) is 19.6 Å². The summed E-state index contributed by atoms with van der Waals surface area (Å²) in [6, 6.07) is 7.83. The minimum Gasteiger partial charge on any atom is -0.493 e. The molecule has 0 bridgehead atoms. The van der Waals surface area contributed by atoms with Crippen LogP contribution in [0.5, 0.6) is 11.5 Å². The number of benzene rings is 1. The van der Waals surface area contributed by atoms with Crippen LogP contribution < -0.4 is 14.9 Å². The maximum Gasteiger partial charge on any atom is 0.203 e. The van der Waals surface area contributed by atoms with Crippen LogP contribution in [0, 0.1) is 0 Å². The van der Waals surface area contributed by atoms with E-state index in [1.165, 1.54) is 11.3 Å². The summed E-state index contributed by atoms with van der Waals surface area (Å²) in [5.74, 6) is 1.30. The number of hydrazone groups is 1. The summed E-state index contributed by atoms with van der Waals surface area (Å²) in [6.45, 7) is 0. The molecule has 0 radical (unpaired) electrons. The first kappa shape index (κ1) is 16.9. The van der Waals surface area contributed by atoms with Gasteiger partial charge in [-0.3, -0.25) is 5.43 Å². The van der Waals surface area contributed by atoms with Gasteiger partial charge in [0.05, 0.1) is 35.5 Å². The number of rotatable bonds is 6. The molecule has 3 aromatic rings. The number of nitrogens with one attached hydrogen (secondary N) is 1.